The van der Waals surface area contributed by atoms with Crippen molar-refractivity contribution in [2.45, 2.75) is 39.8 Å². The molecule has 0 fully saturated rings. The van der Waals surface area contributed by atoms with Crippen molar-refractivity contribution in [2.24, 2.45) is 0 Å². The van der Waals surface area contributed by atoms with Crippen LogP contribution in [0.3, 0.4) is 0 Å². The number of aliphatic carboxylic acids is 1. The van der Waals surface area contributed by atoms with Crippen LogP contribution in [-0.2, 0) is 27.2 Å². The molecule has 0 bridgehead atoms. The van der Waals surface area contributed by atoms with Crippen molar-refractivity contribution >= 4 is 110 Å². The lowest BCUT2D eigenvalue weighted by atomic mass is 9.80. The maximum atomic E-state index is 13.9. The standard InChI is InChI=1S/C23H14Cl2F3N3O3.C18H14BrF2N3O3.C6H4BCl2FO2.2CH4/c24-14-8-11(26)9-15(25)19(14)13-5-4-12(31-7-6-29-21(13)31)10-18(23(33)34)30-22(32)20-16(27)2-1-3-17(20)28;1-27-18(26)14(23-17(25)15-12(20)3-2-4-13(15)21)9-10-5-6-11(19)16-22-7-8-24(10)16;8-4-1-3(10)2-5(9)6(4)7(11)12;;/h1-9,18H,10H2,(H,30,32)(H,33,34);2-8,14H,9H2,1H3,(H,23,25);1-2,11-12H;2*1H4/t18-;14-;;;/m00.../s1. The normalized spacial score (nSPS) is 11.4. The van der Waals surface area contributed by atoms with Gasteiger partial charge in [0.25, 0.3) is 11.8 Å². The van der Waals surface area contributed by atoms with Crippen LogP contribution < -0.4 is 16.1 Å². The van der Waals surface area contributed by atoms with Crippen LogP contribution in [0, 0.1) is 34.9 Å². The molecule has 0 saturated heterocycles. The van der Waals surface area contributed by atoms with Crippen molar-refractivity contribution in [1.29, 1.82) is 0 Å². The van der Waals surface area contributed by atoms with Gasteiger partial charge in [0.1, 0.15) is 63.8 Å². The summed E-state index contributed by atoms with van der Waals surface area (Å²) in [7, 11) is -0.620. The number of carbonyl (C=O) groups is 4. The third kappa shape index (κ3) is 14.4. The number of nitrogens with one attached hydrogen (secondary N) is 2. The molecule has 8 rings (SSSR count). The Balaban J connectivity index is 0.000000265. The molecule has 26 heteroatoms. The van der Waals surface area contributed by atoms with Gasteiger partial charge >= 0.3 is 19.1 Å². The fourth-order valence-corrected chi connectivity index (χ4v) is 8.82. The number of benzene rings is 4. The number of esters is 1. The Bertz CT molecular complexity index is 3330. The van der Waals surface area contributed by atoms with E-state index >= 15 is 0 Å². The second kappa shape index (κ2) is 26.7. The van der Waals surface area contributed by atoms with Gasteiger partial charge in [-0.3, -0.25) is 9.59 Å². The number of carboxylic acids is 1. The van der Waals surface area contributed by atoms with Crippen LogP contribution in [0.15, 0.2) is 114 Å². The van der Waals surface area contributed by atoms with Gasteiger partial charge in [0.2, 0.25) is 0 Å². The van der Waals surface area contributed by atoms with Crippen molar-refractivity contribution < 1.29 is 65.4 Å². The van der Waals surface area contributed by atoms with E-state index in [2.05, 4.69) is 36.5 Å². The molecule has 4 aromatic heterocycles. The van der Waals surface area contributed by atoms with Crippen LogP contribution in [0.1, 0.15) is 47.0 Å². The van der Waals surface area contributed by atoms with E-state index < -0.39 is 89.0 Å². The smallest absolute Gasteiger partial charge is 0.480 e. The molecule has 0 aliphatic carbocycles. The van der Waals surface area contributed by atoms with Crippen molar-refractivity contribution in [1.82, 2.24) is 29.4 Å². The monoisotopic (exact) mass is 1180 g/mol. The summed E-state index contributed by atoms with van der Waals surface area (Å²) in [5.74, 6) is -9.88. The number of amides is 2. The summed E-state index contributed by atoms with van der Waals surface area (Å²) < 4.78 is 90.5. The molecule has 2 amide bonds. The summed E-state index contributed by atoms with van der Waals surface area (Å²) in [6, 6.07) is 14.1. The molecule has 394 valence electrons. The molecule has 5 N–H and O–H groups in total. The SMILES string of the molecule is C.C.COC(=O)[C@H](Cc1ccc(Br)c2nccn12)NC(=O)c1c(F)cccc1F.O=C(N[C@@H](Cc1ccc(-c2c(Cl)cc(F)cc2Cl)c2nccn12)C(=O)O)c1c(F)cccc1F.OB(O)c1c(Cl)cc(F)cc1Cl. The minimum atomic E-state index is -1.79. The number of carboxylic acid groups (broad SMARTS) is 1. The second-order valence-electron chi connectivity index (χ2n) is 15.1. The zero-order valence-corrected chi connectivity index (χ0v) is 41.5. The highest BCUT2D eigenvalue weighted by Crippen LogP contribution is 2.38. The Morgan fingerprint density at radius 3 is 1.52 bits per heavy atom. The summed E-state index contributed by atoms with van der Waals surface area (Å²) in [4.78, 5) is 57.2. The highest BCUT2D eigenvalue weighted by molar-refractivity contribution is 9.10. The molecule has 75 heavy (non-hydrogen) atoms. The van der Waals surface area contributed by atoms with Gasteiger partial charge in [-0.15, -0.1) is 0 Å². The maximum Gasteiger partial charge on any atom is 0.491 e. The van der Waals surface area contributed by atoms with Gasteiger partial charge in [0.15, 0.2) is 5.65 Å². The molecular weight excluding hydrogens is 1150 g/mol. The average molecular weight is 1190 g/mol. The van der Waals surface area contributed by atoms with E-state index in [1.165, 1.54) is 13.3 Å². The molecule has 14 nitrogen and oxygen atoms in total. The van der Waals surface area contributed by atoms with E-state index in [4.69, 9.17) is 61.2 Å². The predicted molar refractivity (Wildman–Crippen MR) is 275 cm³/mol. The third-order valence-electron chi connectivity index (χ3n) is 10.4. The largest absolute Gasteiger partial charge is 0.491 e. The number of fused-ring (bicyclic) bond motifs is 2. The van der Waals surface area contributed by atoms with E-state index in [0.717, 1.165) is 65.1 Å². The first-order valence-electron chi connectivity index (χ1n) is 20.6. The van der Waals surface area contributed by atoms with Gasteiger partial charge in [-0.1, -0.05) is 73.4 Å². The summed E-state index contributed by atoms with van der Waals surface area (Å²) >= 11 is 26.7. The Morgan fingerprint density at radius 2 is 1.07 bits per heavy atom. The number of nitrogens with zero attached hydrogens (tertiary/aromatic N) is 4. The number of pyridine rings is 2. The molecular formula is C49H40BBrCl4F6N6O8. The van der Waals surface area contributed by atoms with E-state index in [0.29, 0.717) is 33.8 Å². The number of ether oxygens (including phenoxy) is 1. The molecule has 8 aromatic rings. The van der Waals surface area contributed by atoms with Crippen molar-refractivity contribution in [3.05, 3.63) is 192 Å². The van der Waals surface area contributed by atoms with Gasteiger partial charge in [-0.25, -0.2) is 45.9 Å². The fourth-order valence-electron chi connectivity index (χ4n) is 7.08. The Labute approximate surface area is 452 Å². The average Bonchev–Trinajstić information content (AvgIpc) is 4.02. The lowest BCUT2D eigenvalue weighted by Gasteiger charge is -2.18. The lowest BCUT2D eigenvalue weighted by Crippen LogP contribution is -2.44. The van der Waals surface area contributed by atoms with Crippen molar-refractivity contribution in [3.63, 3.8) is 0 Å². The van der Waals surface area contributed by atoms with E-state index in [-0.39, 0.29) is 53.2 Å². The number of hydrogen-bond donors (Lipinski definition) is 5. The van der Waals surface area contributed by atoms with Gasteiger partial charge < -0.3 is 39.3 Å². The van der Waals surface area contributed by atoms with E-state index in [1.54, 1.807) is 51.7 Å². The molecule has 4 aromatic carbocycles. The number of methoxy groups -OCH3 is 1. The second-order valence-corrected chi connectivity index (χ2v) is 17.6. The third-order valence-corrected chi connectivity index (χ3v) is 12.2. The maximum absolute atomic E-state index is 13.9. The van der Waals surface area contributed by atoms with E-state index in [9.17, 15) is 50.6 Å². The molecule has 4 heterocycles. The Kier molecular flexibility index (Phi) is 21.7. The minimum absolute atomic E-state index is 0. The van der Waals surface area contributed by atoms with Crippen LogP contribution in [0.4, 0.5) is 26.3 Å². The minimum Gasteiger partial charge on any atom is -0.480 e. The van der Waals surface area contributed by atoms with Crippen LogP contribution >= 0.6 is 62.3 Å². The van der Waals surface area contributed by atoms with Crippen LogP contribution in [-0.4, -0.2) is 84.0 Å². The summed E-state index contributed by atoms with van der Waals surface area (Å²) in [6.07, 6.45) is 6.09. The van der Waals surface area contributed by atoms with Gasteiger partial charge in [0.05, 0.1) is 21.6 Å². The first-order valence-corrected chi connectivity index (χ1v) is 22.9. The number of rotatable bonds is 12. The molecule has 0 unspecified atom stereocenters. The van der Waals surface area contributed by atoms with Gasteiger partial charge in [-0.05, 0) is 88.7 Å². The zero-order chi connectivity index (χ0) is 53.4. The highest BCUT2D eigenvalue weighted by atomic mass is 79.9. The van der Waals surface area contributed by atoms with Gasteiger partial charge in [-0.2, -0.15) is 0 Å². The summed E-state index contributed by atoms with van der Waals surface area (Å²) in [5, 5.41) is 31.5. The van der Waals surface area contributed by atoms with Crippen LogP contribution in [0.2, 0.25) is 20.1 Å². The van der Waals surface area contributed by atoms with E-state index in [1.807, 2.05) is 0 Å². The summed E-state index contributed by atoms with van der Waals surface area (Å²) in [5.41, 5.74) is 1.12. The first kappa shape index (κ1) is 60.9. The molecule has 0 aliphatic heterocycles. The van der Waals surface area contributed by atoms with Crippen molar-refractivity contribution in [2.75, 3.05) is 7.11 Å². The van der Waals surface area contributed by atoms with Gasteiger partial charge in [0, 0.05) is 75.7 Å². The van der Waals surface area contributed by atoms with Crippen LogP contribution in [0.5, 0.6) is 0 Å². The number of halogens is 11. The molecule has 0 radical (unpaired) electrons. The number of carbonyl (C=O) groups excluding carboxylic acids is 3. The Hall–Kier alpha value is -6.66. The fraction of sp³-hybridized carbons (Fsp3) is 0.143. The molecule has 0 saturated carbocycles. The van der Waals surface area contributed by atoms with Crippen LogP contribution in [0.25, 0.3) is 22.4 Å². The highest BCUT2D eigenvalue weighted by Gasteiger charge is 2.29. The first-order chi connectivity index (χ1) is 34.6. The number of hydrogen-bond acceptors (Lipinski definition) is 9. The molecule has 0 aliphatic rings. The quantitative estimate of drug-likeness (QED) is 0.0446. The Morgan fingerprint density at radius 1 is 0.653 bits per heavy atom. The predicted octanol–water partition coefficient (Wildman–Crippen LogP) is 10.1. The van der Waals surface area contributed by atoms with Crippen molar-refractivity contribution in [3.8, 4) is 11.1 Å². The number of aromatic nitrogens is 4. The molecule has 2 atom stereocenters. The lowest BCUT2D eigenvalue weighted by molar-refractivity contribution is -0.143. The topological polar surface area (TPSA) is 197 Å². The molecule has 0 spiro atoms. The summed E-state index contributed by atoms with van der Waals surface area (Å²) in [6.45, 7) is 0. The zero-order valence-electron chi connectivity index (χ0n) is 36.9. The number of imidazole rings is 2.